The van der Waals surface area contributed by atoms with Crippen molar-refractivity contribution < 1.29 is 19.4 Å². The predicted octanol–water partition coefficient (Wildman–Crippen LogP) is -0.302. The lowest BCUT2D eigenvalue weighted by molar-refractivity contribution is -0.249. The van der Waals surface area contributed by atoms with Gasteiger partial charge in [0.15, 0.2) is 0 Å². The monoisotopic (exact) mass is 193 g/mol. The lowest BCUT2D eigenvalue weighted by Crippen LogP contribution is -2.32. The van der Waals surface area contributed by atoms with E-state index in [4.69, 9.17) is 5.73 Å². The molecule has 5 nitrogen and oxygen atoms in total. The van der Waals surface area contributed by atoms with Gasteiger partial charge in [-0.2, -0.15) is 11.8 Å². The quantitative estimate of drug-likeness (QED) is 0.354. The maximum absolute atomic E-state index is 10.8. The van der Waals surface area contributed by atoms with Crippen LogP contribution in [0.4, 0.5) is 0 Å². The van der Waals surface area contributed by atoms with Crippen molar-refractivity contribution in [2.24, 2.45) is 5.73 Å². The highest BCUT2D eigenvalue weighted by molar-refractivity contribution is 7.98. The summed E-state index contributed by atoms with van der Waals surface area (Å²) < 4.78 is 0. The van der Waals surface area contributed by atoms with E-state index in [1.165, 1.54) is 0 Å². The Morgan fingerprint density at radius 3 is 2.92 bits per heavy atom. The first-order valence-corrected chi connectivity index (χ1v) is 4.67. The van der Waals surface area contributed by atoms with Crippen molar-refractivity contribution in [2.75, 3.05) is 12.0 Å². The van der Waals surface area contributed by atoms with Crippen molar-refractivity contribution in [1.29, 1.82) is 0 Å². The third-order valence-electron chi connectivity index (χ3n) is 1.11. The van der Waals surface area contributed by atoms with E-state index in [1.807, 2.05) is 6.26 Å². The molecule has 1 atom stereocenters. The first kappa shape index (κ1) is 11.2. The topological polar surface area (TPSA) is 78.6 Å². The fraction of sp³-hybridized carbons (Fsp3) is 0.667. The molecule has 0 bridgehead atoms. The molecule has 1 unspecified atom stereocenters. The average molecular weight is 193 g/mol. The number of rotatable bonds is 6. The Kier molecular flexibility index (Phi) is 6.50. The summed E-state index contributed by atoms with van der Waals surface area (Å²) >= 11 is 1.57. The molecule has 12 heavy (non-hydrogen) atoms. The molecule has 0 fully saturated rings. The molecule has 0 aromatic rings. The van der Waals surface area contributed by atoms with Crippen LogP contribution in [0.15, 0.2) is 0 Å². The zero-order valence-electron chi connectivity index (χ0n) is 6.69. The van der Waals surface area contributed by atoms with Gasteiger partial charge in [0.2, 0.25) is 0 Å². The van der Waals surface area contributed by atoms with Crippen molar-refractivity contribution >= 4 is 24.2 Å². The average Bonchev–Trinajstić information content (AvgIpc) is 2.10. The summed E-state index contributed by atoms with van der Waals surface area (Å²) in [5, 5.41) is 0. The molecule has 0 radical (unpaired) electrons. The SMILES string of the molecule is CSCCC(N)C(=O)OOC=O. The van der Waals surface area contributed by atoms with Gasteiger partial charge in [-0.15, -0.1) is 0 Å². The largest absolute Gasteiger partial charge is 0.372 e. The lowest BCUT2D eigenvalue weighted by Gasteiger charge is -2.06. The van der Waals surface area contributed by atoms with Gasteiger partial charge in [0.25, 0.3) is 0 Å². The number of carbonyl (C=O) groups excluding carboxylic acids is 2. The summed E-state index contributed by atoms with van der Waals surface area (Å²) in [7, 11) is 0. The van der Waals surface area contributed by atoms with Gasteiger partial charge in [-0.05, 0) is 18.4 Å². The highest BCUT2D eigenvalue weighted by Gasteiger charge is 2.15. The molecule has 0 aromatic heterocycles. The van der Waals surface area contributed by atoms with E-state index in [-0.39, 0.29) is 6.47 Å². The van der Waals surface area contributed by atoms with Crippen LogP contribution in [0.1, 0.15) is 6.42 Å². The molecule has 0 saturated heterocycles. The van der Waals surface area contributed by atoms with Crippen LogP contribution in [-0.2, 0) is 19.4 Å². The van der Waals surface area contributed by atoms with E-state index in [0.29, 0.717) is 6.42 Å². The van der Waals surface area contributed by atoms with Crippen molar-refractivity contribution in [2.45, 2.75) is 12.5 Å². The van der Waals surface area contributed by atoms with Crippen LogP contribution < -0.4 is 5.73 Å². The molecule has 0 rings (SSSR count). The van der Waals surface area contributed by atoms with Gasteiger partial charge < -0.3 is 5.73 Å². The van der Waals surface area contributed by atoms with E-state index in [2.05, 4.69) is 9.78 Å². The fourth-order valence-electron chi connectivity index (χ4n) is 0.492. The molecule has 0 aliphatic rings. The van der Waals surface area contributed by atoms with E-state index in [9.17, 15) is 9.59 Å². The Morgan fingerprint density at radius 2 is 2.42 bits per heavy atom. The molecular formula is C6H11NO4S. The first-order valence-electron chi connectivity index (χ1n) is 3.27. The van der Waals surface area contributed by atoms with Crippen LogP contribution in [0.3, 0.4) is 0 Å². The number of nitrogens with two attached hydrogens (primary N) is 1. The predicted molar refractivity (Wildman–Crippen MR) is 44.2 cm³/mol. The van der Waals surface area contributed by atoms with Gasteiger partial charge in [-0.1, -0.05) is 0 Å². The molecule has 0 amide bonds. The highest BCUT2D eigenvalue weighted by Crippen LogP contribution is 1.99. The summed E-state index contributed by atoms with van der Waals surface area (Å²) in [4.78, 5) is 28.2. The van der Waals surface area contributed by atoms with Crippen molar-refractivity contribution in [3.8, 4) is 0 Å². The second kappa shape index (κ2) is 6.93. The molecule has 0 saturated carbocycles. The molecule has 0 aromatic carbocycles. The normalized spacial score (nSPS) is 11.8. The van der Waals surface area contributed by atoms with Gasteiger partial charge in [0.05, 0.1) is 0 Å². The molecule has 2 N–H and O–H groups in total. The number of hydrogen-bond donors (Lipinski definition) is 1. The standard InChI is InChI=1S/C6H11NO4S/c1-12-3-2-5(7)6(9)11-10-4-8/h4-5H,2-3,7H2,1H3. The van der Waals surface area contributed by atoms with Gasteiger partial charge >= 0.3 is 12.4 Å². The third-order valence-corrected chi connectivity index (χ3v) is 1.75. The molecule has 0 spiro atoms. The van der Waals surface area contributed by atoms with Gasteiger partial charge in [-0.3, -0.25) is 9.68 Å². The minimum atomic E-state index is -0.726. The molecule has 70 valence electrons. The zero-order valence-corrected chi connectivity index (χ0v) is 7.50. The maximum Gasteiger partial charge on any atom is 0.372 e. The van der Waals surface area contributed by atoms with Crippen molar-refractivity contribution in [3.05, 3.63) is 0 Å². The van der Waals surface area contributed by atoms with Crippen molar-refractivity contribution in [3.63, 3.8) is 0 Å². The van der Waals surface area contributed by atoms with Crippen LogP contribution >= 0.6 is 11.8 Å². The summed E-state index contributed by atoms with van der Waals surface area (Å²) in [6, 6.07) is -0.725. The summed E-state index contributed by atoms with van der Waals surface area (Å²) in [6.45, 7) is 0.0270. The van der Waals surface area contributed by atoms with Gasteiger partial charge in [0.1, 0.15) is 6.04 Å². The summed E-state index contributed by atoms with van der Waals surface area (Å²) in [6.07, 6.45) is 2.40. The Bertz CT molecular complexity index is 152. The Morgan fingerprint density at radius 1 is 1.75 bits per heavy atom. The molecule has 0 heterocycles. The number of hydrogen-bond acceptors (Lipinski definition) is 6. The minimum Gasteiger partial charge on any atom is -0.318 e. The van der Waals surface area contributed by atoms with Crippen LogP contribution in [0.5, 0.6) is 0 Å². The molecule has 0 aliphatic carbocycles. The van der Waals surface area contributed by atoms with Crippen molar-refractivity contribution in [1.82, 2.24) is 0 Å². The highest BCUT2D eigenvalue weighted by atomic mass is 32.2. The molecule has 6 heteroatoms. The Labute approximate surface area is 74.5 Å². The number of carbonyl (C=O) groups is 2. The summed E-state index contributed by atoms with van der Waals surface area (Å²) in [5.74, 6) is 0.0355. The van der Waals surface area contributed by atoms with E-state index < -0.39 is 12.0 Å². The fourth-order valence-corrected chi connectivity index (χ4v) is 0.981. The second-order valence-electron chi connectivity index (χ2n) is 1.98. The lowest BCUT2D eigenvalue weighted by atomic mass is 10.2. The van der Waals surface area contributed by atoms with Crippen LogP contribution in [-0.4, -0.2) is 30.5 Å². The van der Waals surface area contributed by atoms with E-state index in [0.717, 1.165) is 5.75 Å². The van der Waals surface area contributed by atoms with E-state index in [1.54, 1.807) is 11.8 Å². The zero-order chi connectivity index (χ0) is 9.40. The van der Waals surface area contributed by atoms with Crippen LogP contribution in [0, 0.1) is 0 Å². The summed E-state index contributed by atoms with van der Waals surface area (Å²) in [5.41, 5.74) is 5.36. The van der Waals surface area contributed by atoms with Crippen LogP contribution in [0.25, 0.3) is 0 Å². The minimum absolute atomic E-state index is 0.0270. The molecule has 0 aliphatic heterocycles. The second-order valence-corrected chi connectivity index (χ2v) is 2.97. The van der Waals surface area contributed by atoms with Crippen LogP contribution in [0.2, 0.25) is 0 Å². The number of thioether (sulfide) groups is 1. The first-order chi connectivity index (χ1) is 5.72. The smallest absolute Gasteiger partial charge is 0.318 e. The van der Waals surface area contributed by atoms with E-state index >= 15 is 0 Å². The maximum atomic E-state index is 10.8. The Hall–Kier alpha value is -0.750. The molecular weight excluding hydrogens is 182 g/mol. The third kappa shape index (κ3) is 4.97. The van der Waals surface area contributed by atoms with Gasteiger partial charge in [-0.25, -0.2) is 9.68 Å². The van der Waals surface area contributed by atoms with Gasteiger partial charge in [0, 0.05) is 0 Å². The Balaban J connectivity index is 3.53.